The van der Waals surface area contributed by atoms with Crippen LogP contribution in [0.1, 0.15) is 32.3 Å². The van der Waals surface area contributed by atoms with Crippen LogP contribution in [-0.4, -0.2) is 0 Å². The minimum Gasteiger partial charge on any atom is -0.0651 e. The van der Waals surface area contributed by atoms with Crippen LogP contribution in [0, 0.1) is 12.0 Å². The van der Waals surface area contributed by atoms with Gasteiger partial charge in [0.15, 0.2) is 0 Å². The Morgan fingerprint density at radius 2 is 1.69 bits per heavy atom. The quantitative estimate of drug-likeness (QED) is 0.343. The predicted octanol–water partition coefficient (Wildman–Crippen LogP) is 6.52. The summed E-state index contributed by atoms with van der Waals surface area (Å²) in [6.45, 7) is 4.52. The van der Waals surface area contributed by atoms with Crippen molar-refractivity contribution in [2.24, 2.45) is 5.92 Å². The molecule has 0 aliphatic heterocycles. The summed E-state index contributed by atoms with van der Waals surface area (Å²) in [4.78, 5) is 0. The molecule has 1 aromatic carbocycles. The third-order valence-electron chi connectivity index (χ3n) is 2.69. The molecule has 0 heterocycles. The summed E-state index contributed by atoms with van der Waals surface area (Å²) in [5.41, 5.74) is 1.22. The monoisotopic (exact) mass is 473 g/mol. The van der Waals surface area contributed by atoms with E-state index in [2.05, 4.69) is 83.6 Å². The zero-order chi connectivity index (χ0) is 12.3. The summed E-state index contributed by atoms with van der Waals surface area (Å²) in [5, 5.41) is 0. The van der Waals surface area contributed by atoms with Gasteiger partial charge in [-0.15, -0.1) is 0 Å². The molecule has 16 heavy (non-hydrogen) atoms. The summed E-state index contributed by atoms with van der Waals surface area (Å²) in [7, 11) is 0. The highest BCUT2D eigenvalue weighted by Gasteiger charge is 2.12. The Bertz CT molecular complexity index is 374. The molecule has 4 heteroatoms. The van der Waals surface area contributed by atoms with Crippen molar-refractivity contribution < 1.29 is 0 Å². The van der Waals surface area contributed by atoms with Crippen LogP contribution in [0.3, 0.4) is 0 Å². The van der Waals surface area contributed by atoms with Gasteiger partial charge < -0.3 is 0 Å². The van der Waals surface area contributed by atoms with Gasteiger partial charge in [0.25, 0.3) is 0 Å². The molecule has 1 unspecified atom stereocenters. The zero-order valence-corrected chi connectivity index (χ0v) is 15.6. The molecule has 0 aliphatic carbocycles. The summed E-state index contributed by atoms with van der Waals surface area (Å²) in [6.07, 6.45) is 3.49. The molecule has 0 fully saturated rings. The van der Waals surface area contributed by atoms with Gasteiger partial charge >= 0.3 is 0 Å². The normalized spacial score (nSPS) is 12.9. The zero-order valence-electron chi connectivity index (χ0n) is 9.21. The van der Waals surface area contributed by atoms with Crippen molar-refractivity contribution in [2.45, 2.75) is 33.1 Å². The highest BCUT2D eigenvalue weighted by Crippen LogP contribution is 2.39. The van der Waals surface area contributed by atoms with Crippen molar-refractivity contribution >= 4 is 63.7 Å². The Balaban J connectivity index is 2.89. The number of hydrogen-bond acceptors (Lipinski definition) is 0. The van der Waals surface area contributed by atoms with Gasteiger partial charge in [-0.1, -0.05) is 20.3 Å². The standard InChI is InChI=1S/C12H13Br4/c1-3-7(2)4-5-8-6-9(13)11(15)12(16)10(8)14/h7H,3-5H2,1-2H3. The summed E-state index contributed by atoms with van der Waals surface area (Å²) in [6, 6.07) is 3.36. The first-order valence-corrected chi connectivity index (χ1v) is 8.38. The molecule has 0 saturated heterocycles. The van der Waals surface area contributed by atoms with Gasteiger partial charge in [0.1, 0.15) is 0 Å². The van der Waals surface area contributed by atoms with Crippen molar-refractivity contribution in [1.82, 2.24) is 0 Å². The minimum absolute atomic E-state index is 0.765. The Morgan fingerprint density at radius 1 is 1.06 bits per heavy atom. The van der Waals surface area contributed by atoms with E-state index in [1.54, 1.807) is 0 Å². The van der Waals surface area contributed by atoms with Crippen LogP contribution >= 0.6 is 63.7 Å². The summed E-state index contributed by atoms with van der Waals surface area (Å²) >= 11 is 14.2. The first kappa shape index (κ1) is 15.2. The molecular weight excluding hydrogens is 464 g/mol. The smallest absolute Gasteiger partial charge is 0.0477 e. The van der Waals surface area contributed by atoms with Crippen LogP contribution in [0.4, 0.5) is 0 Å². The van der Waals surface area contributed by atoms with Gasteiger partial charge in [-0.3, -0.25) is 0 Å². The van der Waals surface area contributed by atoms with Gasteiger partial charge in [0, 0.05) is 24.0 Å². The average Bonchev–Trinajstić information content (AvgIpc) is 2.28. The average molecular weight is 477 g/mol. The predicted molar refractivity (Wildman–Crippen MR) is 83.9 cm³/mol. The molecule has 1 aromatic rings. The number of benzene rings is 1. The fraction of sp³-hybridized carbons (Fsp3) is 0.500. The van der Waals surface area contributed by atoms with Crippen molar-refractivity contribution in [3.63, 3.8) is 0 Å². The largest absolute Gasteiger partial charge is 0.0651 e. The molecule has 89 valence electrons. The molecule has 0 aliphatic rings. The van der Waals surface area contributed by atoms with E-state index >= 15 is 0 Å². The highest BCUT2D eigenvalue weighted by molar-refractivity contribution is 9.15. The molecule has 1 radical (unpaired) electrons. The van der Waals surface area contributed by atoms with Crippen LogP contribution in [0.15, 0.2) is 17.9 Å². The lowest BCUT2D eigenvalue weighted by molar-refractivity contribution is 0.516. The number of hydrogen-bond donors (Lipinski definition) is 0. The Hall–Kier alpha value is 1.14. The molecule has 0 nitrogen and oxygen atoms in total. The SMILES string of the molecule is CCC(C)CCc1[c]c(Br)c(Br)c(Br)c1Br. The second kappa shape index (κ2) is 6.91. The van der Waals surface area contributed by atoms with E-state index in [-0.39, 0.29) is 0 Å². The first-order chi connectivity index (χ1) is 7.47. The van der Waals surface area contributed by atoms with Crippen LogP contribution in [0.5, 0.6) is 0 Å². The van der Waals surface area contributed by atoms with Crippen molar-refractivity contribution in [1.29, 1.82) is 0 Å². The van der Waals surface area contributed by atoms with E-state index in [0.29, 0.717) is 0 Å². The highest BCUT2D eigenvalue weighted by atomic mass is 79.9. The molecule has 0 amide bonds. The lowest BCUT2D eigenvalue weighted by atomic mass is 9.99. The fourth-order valence-corrected chi connectivity index (χ4v) is 3.53. The van der Waals surface area contributed by atoms with Crippen molar-refractivity contribution in [2.75, 3.05) is 0 Å². The lowest BCUT2D eigenvalue weighted by Crippen LogP contribution is -1.97. The van der Waals surface area contributed by atoms with E-state index in [1.807, 2.05) is 0 Å². The van der Waals surface area contributed by atoms with E-state index in [9.17, 15) is 0 Å². The molecular formula is C12H13Br4. The molecule has 0 spiro atoms. The second-order valence-corrected chi connectivity index (χ2v) is 7.08. The van der Waals surface area contributed by atoms with Gasteiger partial charge in [-0.2, -0.15) is 0 Å². The Morgan fingerprint density at radius 3 is 2.25 bits per heavy atom. The van der Waals surface area contributed by atoms with Crippen molar-refractivity contribution in [3.05, 3.63) is 29.5 Å². The van der Waals surface area contributed by atoms with E-state index in [1.165, 1.54) is 18.4 Å². The number of rotatable bonds is 4. The Kier molecular flexibility index (Phi) is 6.56. The van der Waals surface area contributed by atoms with Crippen LogP contribution in [-0.2, 0) is 6.42 Å². The first-order valence-electron chi connectivity index (χ1n) is 5.21. The topological polar surface area (TPSA) is 0 Å². The van der Waals surface area contributed by atoms with Gasteiger partial charge in [-0.25, -0.2) is 0 Å². The molecule has 0 N–H and O–H groups in total. The van der Waals surface area contributed by atoms with Crippen LogP contribution in [0.25, 0.3) is 0 Å². The maximum absolute atomic E-state index is 3.61. The maximum Gasteiger partial charge on any atom is 0.0477 e. The summed E-state index contributed by atoms with van der Waals surface area (Å²) in [5.74, 6) is 0.765. The lowest BCUT2D eigenvalue weighted by Gasteiger charge is -2.12. The number of halogens is 4. The van der Waals surface area contributed by atoms with Gasteiger partial charge in [0.05, 0.1) is 0 Å². The van der Waals surface area contributed by atoms with E-state index in [4.69, 9.17) is 0 Å². The van der Waals surface area contributed by atoms with Crippen LogP contribution < -0.4 is 0 Å². The Labute approximate surface area is 131 Å². The van der Waals surface area contributed by atoms with Crippen molar-refractivity contribution in [3.8, 4) is 0 Å². The minimum atomic E-state index is 0.765. The third kappa shape index (κ3) is 3.82. The molecule has 0 bridgehead atoms. The van der Waals surface area contributed by atoms with Gasteiger partial charge in [0.2, 0.25) is 0 Å². The summed E-state index contributed by atoms with van der Waals surface area (Å²) < 4.78 is 4.14. The van der Waals surface area contributed by atoms with E-state index < -0.39 is 0 Å². The second-order valence-electron chi connectivity index (χ2n) is 3.91. The van der Waals surface area contributed by atoms with E-state index in [0.717, 1.165) is 30.2 Å². The third-order valence-corrected chi connectivity index (χ3v) is 7.34. The van der Waals surface area contributed by atoms with Gasteiger partial charge in [-0.05, 0) is 88.0 Å². The molecule has 0 saturated carbocycles. The fourth-order valence-electron chi connectivity index (χ4n) is 1.33. The molecule has 1 rings (SSSR count). The molecule has 1 atom stereocenters. The molecule has 0 aromatic heterocycles. The number of aryl methyl sites for hydroxylation is 1. The maximum atomic E-state index is 3.61. The van der Waals surface area contributed by atoms with Crippen LogP contribution in [0.2, 0.25) is 0 Å².